The number of fused-ring (bicyclic) bond motifs is 1. The summed E-state index contributed by atoms with van der Waals surface area (Å²) in [6, 6.07) is 11.8. The predicted octanol–water partition coefficient (Wildman–Crippen LogP) is 2.30. The Bertz CT molecular complexity index is 1000. The fourth-order valence-corrected chi connectivity index (χ4v) is 3.79. The van der Waals surface area contributed by atoms with E-state index in [4.69, 9.17) is 0 Å². The van der Waals surface area contributed by atoms with E-state index in [1.807, 2.05) is 39.2 Å². The number of hydrogen-bond donors (Lipinski definition) is 1. The SMILES string of the molecule is Cc1cccc2sc(N(CC[NH+](C)C)C(=O)c3cccc([N+](=O)[O-])c3)nc12. The maximum Gasteiger partial charge on any atom is 0.270 e. The number of nitro groups is 1. The van der Waals surface area contributed by atoms with E-state index in [-0.39, 0.29) is 17.2 Å². The van der Waals surface area contributed by atoms with Crippen LogP contribution in [0.25, 0.3) is 10.2 Å². The van der Waals surface area contributed by atoms with Gasteiger partial charge in [-0.05, 0) is 24.6 Å². The van der Waals surface area contributed by atoms with Crippen LogP contribution in [-0.4, -0.2) is 43.0 Å². The molecular weight excluding hydrogens is 364 g/mol. The number of hydrogen-bond acceptors (Lipinski definition) is 5. The third-order valence-corrected chi connectivity index (χ3v) is 5.27. The first-order chi connectivity index (χ1) is 12.9. The zero-order valence-corrected chi connectivity index (χ0v) is 16.2. The largest absolute Gasteiger partial charge is 0.338 e. The smallest absolute Gasteiger partial charge is 0.270 e. The van der Waals surface area contributed by atoms with E-state index in [1.165, 1.54) is 34.4 Å². The molecule has 3 aromatic rings. The molecule has 27 heavy (non-hydrogen) atoms. The summed E-state index contributed by atoms with van der Waals surface area (Å²) in [6.07, 6.45) is 0. The van der Waals surface area contributed by atoms with Gasteiger partial charge < -0.3 is 4.90 Å². The van der Waals surface area contributed by atoms with Crippen LogP contribution in [0.5, 0.6) is 0 Å². The second-order valence-electron chi connectivity index (χ2n) is 6.64. The van der Waals surface area contributed by atoms with Crippen molar-refractivity contribution in [2.75, 3.05) is 32.1 Å². The molecule has 0 unspecified atom stereocenters. The van der Waals surface area contributed by atoms with Crippen molar-refractivity contribution >= 4 is 38.3 Å². The number of thiazole rings is 1. The Morgan fingerprint density at radius 1 is 1.26 bits per heavy atom. The summed E-state index contributed by atoms with van der Waals surface area (Å²) in [5.74, 6) is -0.281. The molecular formula is C19H21N4O3S+. The third kappa shape index (κ3) is 4.12. The van der Waals surface area contributed by atoms with E-state index in [0.717, 1.165) is 22.3 Å². The summed E-state index contributed by atoms with van der Waals surface area (Å²) in [5, 5.41) is 11.7. The molecule has 3 rings (SSSR count). The van der Waals surface area contributed by atoms with Gasteiger partial charge in [0.15, 0.2) is 5.13 Å². The number of anilines is 1. The van der Waals surface area contributed by atoms with Crippen molar-refractivity contribution in [3.05, 3.63) is 63.7 Å². The number of carbonyl (C=O) groups excluding carboxylic acids is 1. The molecule has 0 spiro atoms. The molecule has 7 nitrogen and oxygen atoms in total. The van der Waals surface area contributed by atoms with Gasteiger partial charge in [0.2, 0.25) is 0 Å². The van der Waals surface area contributed by atoms with Crippen molar-refractivity contribution in [2.24, 2.45) is 0 Å². The fraction of sp³-hybridized carbons (Fsp3) is 0.263. The van der Waals surface area contributed by atoms with Crippen LogP contribution >= 0.6 is 11.3 Å². The Balaban J connectivity index is 2.01. The van der Waals surface area contributed by atoms with Crippen LogP contribution in [-0.2, 0) is 0 Å². The Labute approximate surface area is 161 Å². The van der Waals surface area contributed by atoms with Crippen molar-refractivity contribution in [2.45, 2.75) is 6.92 Å². The van der Waals surface area contributed by atoms with Crippen LogP contribution in [0.2, 0.25) is 0 Å². The van der Waals surface area contributed by atoms with Crippen molar-refractivity contribution in [3.8, 4) is 0 Å². The van der Waals surface area contributed by atoms with E-state index < -0.39 is 4.92 Å². The number of benzene rings is 2. The maximum absolute atomic E-state index is 13.2. The molecule has 0 aliphatic carbocycles. The van der Waals surface area contributed by atoms with Crippen LogP contribution in [0.1, 0.15) is 15.9 Å². The lowest BCUT2D eigenvalue weighted by Crippen LogP contribution is -3.06. The molecule has 8 heteroatoms. The molecule has 0 fully saturated rings. The van der Waals surface area contributed by atoms with E-state index in [1.54, 1.807) is 11.0 Å². The Morgan fingerprint density at radius 2 is 2.00 bits per heavy atom. The van der Waals surface area contributed by atoms with Crippen LogP contribution in [0.15, 0.2) is 42.5 Å². The van der Waals surface area contributed by atoms with Gasteiger partial charge in [-0.1, -0.05) is 29.5 Å². The minimum Gasteiger partial charge on any atom is -0.338 e. The van der Waals surface area contributed by atoms with Gasteiger partial charge in [-0.15, -0.1) is 0 Å². The van der Waals surface area contributed by atoms with Gasteiger partial charge in [-0.25, -0.2) is 4.98 Å². The second kappa shape index (κ2) is 7.81. The number of aromatic nitrogens is 1. The summed E-state index contributed by atoms with van der Waals surface area (Å²) < 4.78 is 1.01. The molecule has 0 aliphatic heterocycles. The van der Waals surface area contributed by atoms with Gasteiger partial charge in [-0.3, -0.25) is 19.8 Å². The Hall–Kier alpha value is -2.84. The summed E-state index contributed by atoms with van der Waals surface area (Å²) in [5.41, 5.74) is 2.12. The van der Waals surface area contributed by atoms with Crippen LogP contribution in [0.4, 0.5) is 10.8 Å². The zero-order valence-electron chi connectivity index (χ0n) is 15.4. The molecule has 2 aromatic carbocycles. The molecule has 1 heterocycles. The molecule has 1 amide bonds. The number of carbonyl (C=O) groups is 1. The zero-order chi connectivity index (χ0) is 19.6. The highest BCUT2D eigenvalue weighted by molar-refractivity contribution is 7.22. The van der Waals surface area contributed by atoms with E-state index in [0.29, 0.717) is 11.7 Å². The van der Waals surface area contributed by atoms with Crippen molar-refractivity contribution in [1.82, 2.24) is 4.98 Å². The van der Waals surface area contributed by atoms with E-state index >= 15 is 0 Å². The van der Waals surface area contributed by atoms with Gasteiger partial charge >= 0.3 is 0 Å². The summed E-state index contributed by atoms with van der Waals surface area (Å²) in [6.45, 7) is 3.20. The lowest BCUT2D eigenvalue weighted by atomic mass is 10.2. The van der Waals surface area contributed by atoms with Crippen molar-refractivity contribution in [1.29, 1.82) is 0 Å². The molecule has 1 N–H and O–H groups in total. The number of rotatable bonds is 6. The number of nitro benzene ring substituents is 1. The standard InChI is InChI=1S/C19H20N4O3S/c1-13-6-4-9-16-17(13)20-19(27-16)22(11-10-21(2)3)18(24)14-7-5-8-15(12-14)23(25)26/h4-9,12H,10-11H2,1-3H3/p+1. The Morgan fingerprint density at radius 3 is 2.67 bits per heavy atom. The number of nitrogens with zero attached hydrogens (tertiary/aromatic N) is 3. The minimum absolute atomic E-state index is 0.0980. The van der Waals surface area contributed by atoms with Crippen LogP contribution in [0.3, 0.4) is 0 Å². The maximum atomic E-state index is 13.2. The van der Waals surface area contributed by atoms with Crippen LogP contribution in [0, 0.1) is 17.0 Å². The average Bonchev–Trinajstić information content (AvgIpc) is 3.07. The molecule has 0 bridgehead atoms. The number of likely N-dealkylation sites (N-methyl/N-ethyl adjacent to an activating group) is 1. The summed E-state index contributed by atoms with van der Waals surface area (Å²) in [4.78, 5) is 31.2. The number of nitrogens with one attached hydrogen (secondary N) is 1. The van der Waals surface area contributed by atoms with Crippen molar-refractivity contribution < 1.29 is 14.6 Å². The molecule has 140 valence electrons. The van der Waals surface area contributed by atoms with Gasteiger partial charge in [-0.2, -0.15) is 0 Å². The average molecular weight is 385 g/mol. The van der Waals surface area contributed by atoms with Gasteiger partial charge in [0.05, 0.1) is 42.3 Å². The highest BCUT2D eigenvalue weighted by Gasteiger charge is 2.23. The Kier molecular flexibility index (Phi) is 5.48. The highest BCUT2D eigenvalue weighted by Crippen LogP contribution is 2.31. The second-order valence-corrected chi connectivity index (χ2v) is 7.65. The number of quaternary nitrogens is 1. The monoisotopic (exact) mass is 385 g/mol. The number of para-hydroxylation sites is 1. The normalized spacial score (nSPS) is 11.1. The molecule has 0 atom stereocenters. The van der Waals surface area contributed by atoms with Crippen molar-refractivity contribution in [3.63, 3.8) is 0 Å². The number of non-ortho nitro benzene ring substituents is 1. The van der Waals surface area contributed by atoms with Crippen LogP contribution < -0.4 is 9.80 Å². The predicted molar refractivity (Wildman–Crippen MR) is 107 cm³/mol. The molecule has 0 radical (unpaired) electrons. The summed E-state index contributed by atoms with van der Waals surface area (Å²) >= 11 is 1.46. The van der Waals surface area contributed by atoms with E-state index in [2.05, 4.69) is 4.98 Å². The lowest BCUT2D eigenvalue weighted by molar-refractivity contribution is -0.856. The topological polar surface area (TPSA) is 80.8 Å². The summed E-state index contributed by atoms with van der Waals surface area (Å²) in [7, 11) is 4.02. The minimum atomic E-state index is -0.494. The third-order valence-electron chi connectivity index (χ3n) is 4.22. The molecule has 0 saturated carbocycles. The lowest BCUT2D eigenvalue weighted by Gasteiger charge is -2.20. The van der Waals surface area contributed by atoms with Gasteiger partial charge in [0.25, 0.3) is 11.6 Å². The molecule has 1 aromatic heterocycles. The van der Waals surface area contributed by atoms with Gasteiger partial charge in [0.1, 0.15) is 0 Å². The molecule has 0 aliphatic rings. The van der Waals surface area contributed by atoms with E-state index in [9.17, 15) is 14.9 Å². The first kappa shape index (κ1) is 18.9. The number of aryl methyl sites for hydroxylation is 1. The number of amides is 1. The fourth-order valence-electron chi connectivity index (χ4n) is 2.72. The molecule has 0 saturated heterocycles. The first-order valence-electron chi connectivity index (χ1n) is 8.58. The first-order valence-corrected chi connectivity index (χ1v) is 9.40. The van der Waals surface area contributed by atoms with Gasteiger partial charge in [0, 0.05) is 17.7 Å². The quantitative estimate of drug-likeness (QED) is 0.522. The highest BCUT2D eigenvalue weighted by atomic mass is 32.1.